The number of hydrogen-bond acceptors (Lipinski definition) is 7. The van der Waals surface area contributed by atoms with Crippen molar-refractivity contribution in [2.24, 2.45) is 0 Å². The largest absolute Gasteiger partial charge is 0.385 e. The summed E-state index contributed by atoms with van der Waals surface area (Å²) in [5, 5.41) is 10.6. The van der Waals surface area contributed by atoms with E-state index < -0.39 is 14.9 Å². The van der Waals surface area contributed by atoms with Crippen molar-refractivity contribution < 1.29 is 18.1 Å². The van der Waals surface area contributed by atoms with Gasteiger partial charge in [0.15, 0.2) is 5.00 Å². The molecular weight excluding hydrogens is 306 g/mol. The maximum absolute atomic E-state index is 12.5. The van der Waals surface area contributed by atoms with E-state index in [4.69, 9.17) is 10.5 Å². The number of sulfonamides is 1. The second kappa shape index (κ2) is 5.64. The molecule has 1 aromatic rings. The van der Waals surface area contributed by atoms with Crippen LogP contribution in [0.2, 0.25) is 0 Å². The number of nitrogens with two attached hydrogens (primary N) is 1. The van der Waals surface area contributed by atoms with Crippen molar-refractivity contribution >= 4 is 32.0 Å². The number of ether oxygens (including phenoxy) is 1. The average molecular weight is 321 g/mol. The summed E-state index contributed by atoms with van der Waals surface area (Å²) < 4.78 is 31.5. The van der Waals surface area contributed by atoms with Gasteiger partial charge in [-0.1, -0.05) is 11.3 Å². The number of nitrogen functional groups attached to an aromatic ring is 1. The standard InChI is InChI=1S/C10H15N3O5S2/c1-7-6-12(3-2-4-18-7)20(16,17)9-5-8(13(14)15)10(11)19-9/h5,7H,2-4,6,11H2,1H3. The summed E-state index contributed by atoms with van der Waals surface area (Å²) in [7, 11) is -3.77. The third-order valence-corrected chi connectivity index (χ3v) is 6.19. The highest BCUT2D eigenvalue weighted by molar-refractivity contribution is 7.91. The molecule has 0 spiro atoms. The first-order chi connectivity index (χ1) is 9.32. The van der Waals surface area contributed by atoms with Gasteiger partial charge in [-0.3, -0.25) is 10.1 Å². The van der Waals surface area contributed by atoms with Gasteiger partial charge in [0.2, 0.25) is 0 Å². The molecule has 8 nitrogen and oxygen atoms in total. The second-order valence-electron chi connectivity index (χ2n) is 4.47. The third-order valence-electron chi connectivity index (χ3n) is 2.92. The van der Waals surface area contributed by atoms with E-state index in [1.54, 1.807) is 6.92 Å². The van der Waals surface area contributed by atoms with Gasteiger partial charge in [-0.15, -0.1) is 0 Å². The zero-order valence-electron chi connectivity index (χ0n) is 10.8. The lowest BCUT2D eigenvalue weighted by Gasteiger charge is -2.20. The molecule has 1 atom stereocenters. The van der Waals surface area contributed by atoms with Crippen LogP contribution in [0.25, 0.3) is 0 Å². The maximum atomic E-state index is 12.5. The van der Waals surface area contributed by atoms with Crippen molar-refractivity contribution in [2.75, 3.05) is 25.4 Å². The third kappa shape index (κ3) is 2.92. The molecule has 0 aliphatic carbocycles. The minimum absolute atomic E-state index is 0.101. The molecular formula is C10H15N3O5S2. The Morgan fingerprint density at radius 1 is 1.60 bits per heavy atom. The Hall–Kier alpha value is -1.23. The summed E-state index contributed by atoms with van der Waals surface area (Å²) in [4.78, 5) is 10.1. The predicted octanol–water partition coefficient (Wildman–Crippen LogP) is 1.04. The summed E-state index contributed by atoms with van der Waals surface area (Å²) in [5.41, 5.74) is 5.13. The number of nitro groups is 1. The monoisotopic (exact) mass is 321 g/mol. The smallest absolute Gasteiger partial charge is 0.304 e. The van der Waals surface area contributed by atoms with Crippen molar-refractivity contribution in [3.8, 4) is 0 Å². The molecule has 20 heavy (non-hydrogen) atoms. The predicted molar refractivity (Wildman–Crippen MR) is 74.2 cm³/mol. The zero-order chi connectivity index (χ0) is 14.9. The summed E-state index contributed by atoms with van der Waals surface area (Å²) in [6, 6.07) is 1.02. The average Bonchev–Trinajstić information content (AvgIpc) is 2.62. The van der Waals surface area contributed by atoms with Gasteiger partial charge >= 0.3 is 5.69 Å². The summed E-state index contributed by atoms with van der Waals surface area (Å²) in [6.07, 6.45) is 0.381. The molecule has 1 saturated heterocycles. The van der Waals surface area contributed by atoms with Gasteiger partial charge in [-0.2, -0.15) is 4.31 Å². The maximum Gasteiger partial charge on any atom is 0.304 e. The van der Waals surface area contributed by atoms with Gasteiger partial charge in [0, 0.05) is 25.8 Å². The van der Waals surface area contributed by atoms with E-state index >= 15 is 0 Å². The number of anilines is 1. The highest BCUT2D eigenvalue weighted by atomic mass is 32.2. The molecule has 1 aliphatic heterocycles. The zero-order valence-corrected chi connectivity index (χ0v) is 12.4. The number of thiophene rings is 1. The Bertz CT molecular complexity index is 612. The van der Waals surface area contributed by atoms with Crippen LogP contribution in [0.15, 0.2) is 10.3 Å². The van der Waals surface area contributed by atoms with Crippen LogP contribution in [-0.2, 0) is 14.8 Å². The van der Waals surface area contributed by atoms with Crippen LogP contribution in [0.4, 0.5) is 10.7 Å². The second-order valence-corrected chi connectivity index (χ2v) is 7.72. The molecule has 0 saturated carbocycles. The molecule has 0 bridgehead atoms. The molecule has 1 aliphatic rings. The van der Waals surface area contributed by atoms with E-state index in [9.17, 15) is 18.5 Å². The van der Waals surface area contributed by atoms with Crippen LogP contribution in [0.5, 0.6) is 0 Å². The lowest BCUT2D eigenvalue weighted by Crippen LogP contribution is -2.35. The molecule has 0 amide bonds. The Morgan fingerprint density at radius 3 is 2.90 bits per heavy atom. The van der Waals surface area contributed by atoms with E-state index in [1.165, 1.54) is 4.31 Å². The van der Waals surface area contributed by atoms with Crippen LogP contribution in [0, 0.1) is 10.1 Å². The Kier molecular flexibility index (Phi) is 4.28. The van der Waals surface area contributed by atoms with Crippen LogP contribution in [0.1, 0.15) is 13.3 Å². The molecule has 2 N–H and O–H groups in total. The molecule has 1 unspecified atom stereocenters. The molecule has 1 aromatic heterocycles. The first-order valence-corrected chi connectivity index (χ1v) is 8.23. The first-order valence-electron chi connectivity index (χ1n) is 5.98. The fraction of sp³-hybridized carbons (Fsp3) is 0.600. The van der Waals surface area contributed by atoms with E-state index in [1.807, 2.05) is 0 Å². The fourth-order valence-corrected chi connectivity index (χ4v) is 4.87. The van der Waals surface area contributed by atoms with Gasteiger partial charge in [0.25, 0.3) is 10.0 Å². The lowest BCUT2D eigenvalue weighted by atomic mass is 10.4. The Labute approximate surface area is 120 Å². The van der Waals surface area contributed by atoms with E-state index in [2.05, 4.69) is 0 Å². The van der Waals surface area contributed by atoms with Crippen LogP contribution >= 0.6 is 11.3 Å². The van der Waals surface area contributed by atoms with Crippen molar-refractivity contribution in [1.82, 2.24) is 4.31 Å². The van der Waals surface area contributed by atoms with Crippen LogP contribution in [-0.4, -0.2) is 43.4 Å². The minimum Gasteiger partial charge on any atom is -0.385 e. The van der Waals surface area contributed by atoms with E-state index in [0.717, 1.165) is 6.07 Å². The topological polar surface area (TPSA) is 116 Å². The fourth-order valence-electron chi connectivity index (χ4n) is 1.94. The highest BCUT2D eigenvalue weighted by Gasteiger charge is 2.32. The highest BCUT2D eigenvalue weighted by Crippen LogP contribution is 2.36. The van der Waals surface area contributed by atoms with Gasteiger partial charge in [0.1, 0.15) is 4.21 Å². The number of rotatable bonds is 3. The van der Waals surface area contributed by atoms with Gasteiger partial charge in [-0.05, 0) is 13.3 Å². The minimum atomic E-state index is -3.77. The van der Waals surface area contributed by atoms with Gasteiger partial charge in [0.05, 0.1) is 11.0 Å². The quantitative estimate of drug-likeness (QED) is 0.657. The Morgan fingerprint density at radius 2 is 2.30 bits per heavy atom. The van der Waals surface area contributed by atoms with Crippen LogP contribution < -0.4 is 5.73 Å². The van der Waals surface area contributed by atoms with E-state index in [0.29, 0.717) is 30.9 Å². The van der Waals surface area contributed by atoms with Crippen molar-refractivity contribution in [2.45, 2.75) is 23.7 Å². The first kappa shape index (κ1) is 15.2. The van der Waals surface area contributed by atoms with Gasteiger partial charge in [-0.25, -0.2) is 8.42 Å². The van der Waals surface area contributed by atoms with Crippen molar-refractivity contribution in [1.29, 1.82) is 0 Å². The number of hydrogen-bond donors (Lipinski definition) is 1. The van der Waals surface area contributed by atoms with Crippen molar-refractivity contribution in [3.63, 3.8) is 0 Å². The molecule has 0 aromatic carbocycles. The lowest BCUT2D eigenvalue weighted by molar-refractivity contribution is -0.383. The van der Waals surface area contributed by atoms with Crippen molar-refractivity contribution in [3.05, 3.63) is 16.2 Å². The summed E-state index contributed by atoms with van der Waals surface area (Å²) in [5.74, 6) is 0. The summed E-state index contributed by atoms with van der Waals surface area (Å²) in [6.45, 7) is 2.85. The summed E-state index contributed by atoms with van der Waals surface area (Å²) >= 11 is 0.717. The molecule has 10 heteroatoms. The number of nitrogens with zero attached hydrogens (tertiary/aromatic N) is 2. The van der Waals surface area contributed by atoms with Crippen LogP contribution in [0.3, 0.4) is 0 Å². The normalized spacial score (nSPS) is 21.6. The molecule has 1 fully saturated rings. The Balaban J connectivity index is 2.34. The molecule has 0 radical (unpaired) electrons. The van der Waals surface area contributed by atoms with E-state index in [-0.39, 0.29) is 27.5 Å². The van der Waals surface area contributed by atoms with Gasteiger partial charge < -0.3 is 10.5 Å². The molecule has 2 rings (SSSR count). The molecule has 112 valence electrons. The SMILES string of the molecule is CC1CN(S(=O)(=O)c2cc([N+](=O)[O-])c(N)s2)CCCO1. The molecule has 2 heterocycles.